The van der Waals surface area contributed by atoms with Gasteiger partial charge in [-0.3, -0.25) is 0 Å². The van der Waals surface area contributed by atoms with Gasteiger partial charge in [0.15, 0.2) is 9.84 Å². The average molecular weight is 299 g/mol. The lowest BCUT2D eigenvalue weighted by Crippen LogP contribution is -2.32. The van der Waals surface area contributed by atoms with Crippen LogP contribution in [0.15, 0.2) is 24.3 Å². The number of hydrogen-bond donors (Lipinski definition) is 1. The van der Waals surface area contributed by atoms with Crippen LogP contribution < -0.4 is 10.1 Å². The predicted molar refractivity (Wildman–Crippen MR) is 84.2 cm³/mol. The van der Waals surface area contributed by atoms with Crippen LogP contribution in [-0.4, -0.2) is 31.6 Å². The Bertz CT molecular complexity index is 513. The SMILES string of the molecule is CC(C)Oc1ccc(NCCS(=O)(=O)C(C)(C)C)cc1. The second kappa shape index (κ2) is 6.48. The molecule has 114 valence electrons. The molecule has 0 aromatic heterocycles. The van der Waals surface area contributed by atoms with Gasteiger partial charge < -0.3 is 10.1 Å². The maximum Gasteiger partial charge on any atom is 0.156 e. The highest BCUT2D eigenvalue weighted by atomic mass is 32.2. The third-order valence-corrected chi connectivity index (χ3v) is 5.47. The summed E-state index contributed by atoms with van der Waals surface area (Å²) in [4.78, 5) is 0. The molecule has 0 radical (unpaired) electrons. The van der Waals surface area contributed by atoms with Crippen molar-refractivity contribution in [1.82, 2.24) is 0 Å². The fourth-order valence-electron chi connectivity index (χ4n) is 1.56. The van der Waals surface area contributed by atoms with E-state index >= 15 is 0 Å². The summed E-state index contributed by atoms with van der Waals surface area (Å²) in [5.41, 5.74) is 0.894. The van der Waals surface area contributed by atoms with E-state index in [0.29, 0.717) is 6.54 Å². The summed E-state index contributed by atoms with van der Waals surface area (Å²) < 4.78 is 28.8. The minimum absolute atomic E-state index is 0.126. The summed E-state index contributed by atoms with van der Waals surface area (Å²) >= 11 is 0. The van der Waals surface area contributed by atoms with Gasteiger partial charge >= 0.3 is 0 Å². The van der Waals surface area contributed by atoms with Gasteiger partial charge in [-0.2, -0.15) is 0 Å². The van der Waals surface area contributed by atoms with Crippen molar-refractivity contribution >= 4 is 15.5 Å². The summed E-state index contributed by atoms with van der Waals surface area (Å²) in [6.07, 6.45) is 0.144. The van der Waals surface area contributed by atoms with Crippen LogP contribution in [0.1, 0.15) is 34.6 Å². The number of rotatable bonds is 6. The second-order valence-corrected chi connectivity index (χ2v) is 8.91. The Kier molecular flexibility index (Phi) is 5.45. The average Bonchev–Trinajstić information content (AvgIpc) is 2.29. The van der Waals surface area contributed by atoms with E-state index in [1.807, 2.05) is 38.1 Å². The van der Waals surface area contributed by atoms with Crippen LogP contribution in [-0.2, 0) is 9.84 Å². The van der Waals surface area contributed by atoms with Crippen molar-refractivity contribution in [2.45, 2.75) is 45.5 Å². The molecule has 0 aliphatic rings. The zero-order valence-corrected chi connectivity index (χ0v) is 13.8. The Hall–Kier alpha value is -1.23. The van der Waals surface area contributed by atoms with Gasteiger partial charge in [0.05, 0.1) is 16.6 Å². The van der Waals surface area contributed by atoms with Crippen molar-refractivity contribution in [2.24, 2.45) is 0 Å². The third kappa shape index (κ3) is 5.04. The number of sulfone groups is 1. The molecular formula is C15H25NO3S. The molecule has 1 rings (SSSR count). The van der Waals surface area contributed by atoms with E-state index in [4.69, 9.17) is 4.74 Å². The van der Waals surface area contributed by atoms with Gasteiger partial charge in [0.1, 0.15) is 5.75 Å². The fourth-order valence-corrected chi connectivity index (χ4v) is 2.54. The van der Waals surface area contributed by atoms with Crippen molar-refractivity contribution in [3.63, 3.8) is 0 Å². The molecule has 0 heterocycles. The van der Waals surface area contributed by atoms with Gasteiger partial charge in [-0.1, -0.05) is 0 Å². The second-order valence-electron chi connectivity index (χ2n) is 6.05. The van der Waals surface area contributed by atoms with Gasteiger partial charge in [-0.25, -0.2) is 8.42 Å². The molecule has 0 atom stereocenters. The van der Waals surface area contributed by atoms with Crippen molar-refractivity contribution in [3.8, 4) is 5.75 Å². The molecular weight excluding hydrogens is 274 g/mol. The van der Waals surface area contributed by atoms with Gasteiger partial charge in [-0.15, -0.1) is 0 Å². The lowest BCUT2D eigenvalue weighted by Gasteiger charge is -2.19. The first-order valence-electron chi connectivity index (χ1n) is 6.85. The number of hydrogen-bond acceptors (Lipinski definition) is 4. The monoisotopic (exact) mass is 299 g/mol. The van der Waals surface area contributed by atoms with Crippen LogP contribution in [0, 0.1) is 0 Å². The minimum atomic E-state index is -3.08. The number of benzene rings is 1. The van der Waals surface area contributed by atoms with Crippen LogP contribution in [0.25, 0.3) is 0 Å². The van der Waals surface area contributed by atoms with E-state index in [-0.39, 0.29) is 11.9 Å². The van der Waals surface area contributed by atoms with Crippen LogP contribution in [0.5, 0.6) is 5.75 Å². The molecule has 0 unspecified atom stereocenters. The summed E-state index contributed by atoms with van der Waals surface area (Å²) in [6.45, 7) is 9.53. The summed E-state index contributed by atoms with van der Waals surface area (Å²) in [6, 6.07) is 7.53. The highest BCUT2D eigenvalue weighted by Crippen LogP contribution is 2.18. The highest BCUT2D eigenvalue weighted by molar-refractivity contribution is 7.92. The summed E-state index contributed by atoms with van der Waals surface area (Å²) in [7, 11) is -3.08. The zero-order valence-electron chi connectivity index (χ0n) is 12.9. The van der Waals surface area contributed by atoms with Crippen molar-refractivity contribution in [1.29, 1.82) is 0 Å². The van der Waals surface area contributed by atoms with Crippen molar-refractivity contribution < 1.29 is 13.2 Å². The van der Waals surface area contributed by atoms with E-state index in [1.165, 1.54) is 0 Å². The van der Waals surface area contributed by atoms with E-state index in [9.17, 15) is 8.42 Å². The zero-order chi connectivity index (χ0) is 15.4. The van der Waals surface area contributed by atoms with Gasteiger partial charge in [-0.05, 0) is 58.9 Å². The van der Waals surface area contributed by atoms with Crippen LogP contribution in [0.2, 0.25) is 0 Å². The smallest absolute Gasteiger partial charge is 0.156 e. The Labute approximate surface area is 122 Å². The van der Waals surface area contributed by atoms with Crippen molar-refractivity contribution in [2.75, 3.05) is 17.6 Å². The van der Waals surface area contributed by atoms with E-state index < -0.39 is 14.6 Å². The van der Waals surface area contributed by atoms with Gasteiger partial charge in [0.25, 0.3) is 0 Å². The lowest BCUT2D eigenvalue weighted by molar-refractivity contribution is 0.242. The highest BCUT2D eigenvalue weighted by Gasteiger charge is 2.28. The summed E-state index contributed by atoms with van der Waals surface area (Å²) in [5, 5.41) is 3.12. The predicted octanol–water partition coefficient (Wildman–Crippen LogP) is 3.10. The minimum Gasteiger partial charge on any atom is -0.491 e. The van der Waals surface area contributed by atoms with Gasteiger partial charge in [0, 0.05) is 12.2 Å². The molecule has 0 spiro atoms. The quantitative estimate of drug-likeness (QED) is 0.877. The van der Waals surface area contributed by atoms with Crippen LogP contribution in [0.3, 0.4) is 0 Å². The molecule has 4 nitrogen and oxygen atoms in total. The first-order valence-corrected chi connectivity index (χ1v) is 8.50. The molecule has 1 aromatic carbocycles. The largest absolute Gasteiger partial charge is 0.491 e. The third-order valence-electron chi connectivity index (χ3n) is 2.86. The maximum absolute atomic E-state index is 12.0. The van der Waals surface area contributed by atoms with E-state index in [0.717, 1.165) is 11.4 Å². The standard InChI is InChI=1S/C15H25NO3S/c1-12(2)19-14-8-6-13(7-9-14)16-10-11-20(17,18)15(3,4)5/h6-9,12,16H,10-11H2,1-5H3. The number of ether oxygens (including phenoxy) is 1. The molecule has 0 fully saturated rings. The molecule has 20 heavy (non-hydrogen) atoms. The topological polar surface area (TPSA) is 55.4 Å². The molecule has 0 saturated carbocycles. The molecule has 1 N–H and O–H groups in total. The molecule has 0 aliphatic heterocycles. The lowest BCUT2D eigenvalue weighted by atomic mass is 10.3. The van der Waals surface area contributed by atoms with Crippen LogP contribution >= 0.6 is 0 Å². The first-order chi connectivity index (χ1) is 9.12. The molecule has 0 bridgehead atoms. The Morgan fingerprint density at radius 3 is 2.15 bits per heavy atom. The Morgan fingerprint density at radius 2 is 1.70 bits per heavy atom. The molecule has 1 aromatic rings. The van der Waals surface area contributed by atoms with Crippen LogP contribution in [0.4, 0.5) is 5.69 Å². The number of nitrogens with one attached hydrogen (secondary N) is 1. The molecule has 0 aliphatic carbocycles. The summed E-state index contributed by atoms with van der Waals surface area (Å²) in [5.74, 6) is 0.939. The van der Waals surface area contributed by atoms with E-state index in [2.05, 4.69) is 5.32 Å². The molecule has 0 saturated heterocycles. The fraction of sp³-hybridized carbons (Fsp3) is 0.600. The molecule has 5 heteroatoms. The van der Waals surface area contributed by atoms with E-state index in [1.54, 1.807) is 20.8 Å². The molecule has 0 amide bonds. The Balaban J connectivity index is 2.51. The van der Waals surface area contributed by atoms with Crippen molar-refractivity contribution in [3.05, 3.63) is 24.3 Å². The Morgan fingerprint density at radius 1 is 1.15 bits per heavy atom. The number of anilines is 1. The first kappa shape index (κ1) is 16.8. The van der Waals surface area contributed by atoms with Gasteiger partial charge in [0.2, 0.25) is 0 Å². The maximum atomic E-state index is 12.0. The normalized spacial score (nSPS) is 12.5.